The van der Waals surface area contributed by atoms with Gasteiger partial charge in [-0.2, -0.15) is 0 Å². The molecule has 1 N–H and O–H groups in total. The first-order chi connectivity index (χ1) is 8.56. The summed E-state index contributed by atoms with van der Waals surface area (Å²) in [5, 5.41) is 5.52. The van der Waals surface area contributed by atoms with E-state index >= 15 is 0 Å². The van der Waals surface area contributed by atoms with Crippen molar-refractivity contribution >= 4 is 28.2 Å². The lowest BCUT2D eigenvalue weighted by Crippen LogP contribution is -2.33. The van der Waals surface area contributed by atoms with Gasteiger partial charge in [0, 0.05) is 27.8 Å². The van der Waals surface area contributed by atoms with E-state index in [0.29, 0.717) is 0 Å². The van der Waals surface area contributed by atoms with Gasteiger partial charge < -0.3 is 5.32 Å². The molecule has 94 valence electrons. The van der Waals surface area contributed by atoms with Crippen molar-refractivity contribution in [3.8, 4) is 0 Å². The molecular formula is C15H17ClN2. The quantitative estimate of drug-likeness (QED) is 0.880. The van der Waals surface area contributed by atoms with Gasteiger partial charge in [-0.05, 0) is 56.9 Å². The zero-order chi connectivity index (χ0) is 12.8. The molecule has 0 aliphatic heterocycles. The number of pyridine rings is 1. The van der Waals surface area contributed by atoms with Crippen molar-refractivity contribution in [2.24, 2.45) is 5.92 Å². The minimum absolute atomic E-state index is 0.147. The molecule has 1 aromatic heterocycles. The number of anilines is 1. The second-order valence-electron chi connectivity index (χ2n) is 5.64. The van der Waals surface area contributed by atoms with E-state index in [9.17, 15) is 0 Å². The summed E-state index contributed by atoms with van der Waals surface area (Å²) in [6.07, 6.45) is 4.49. The molecule has 0 saturated heterocycles. The fraction of sp³-hybridized carbons (Fsp3) is 0.400. The third-order valence-electron chi connectivity index (χ3n) is 3.76. The van der Waals surface area contributed by atoms with Gasteiger partial charge in [0.05, 0.1) is 5.52 Å². The highest BCUT2D eigenvalue weighted by Gasteiger charge is 2.37. The van der Waals surface area contributed by atoms with Gasteiger partial charge in [0.2, 0.25) is 0 Å². The number of nitrogens with one attached hydrogen (secondary N) is 1. The summed E-state index contributed by atoms with van der Waals surface area (Å²) in [4.78, 5) is 4.37. The molecule has 1 aliphatic carbocycles. The Morgan fingerprint density at radius 2 is 2.06 bits per heavy atom. The number of rotatable bonds is 3. The molecule has 0 radical (unpaired) electrons. The Morgan fingerprint density at radius 1 is 1.28 bits per heavy atom. The van der Waals surface area contributed by atoms with Gasteiger partial charge in [-0.25, -0.2) is 0 Å². The Balaban J connectivity index is 2.01. The predicted octanol–water partition coefficient (Wildman–Crippen LogP) is 4.49. The maximum Gasteiger partial charge on any atom is 0.0737 e. The molecule has 1 aromatic carbocycles. The Hall–Kier alpha value is -1.28. The lowest BCUT2D eigenvalue weighted by atomic mass is 9.98. The minimum Gasteiger partial charge on any atom is -0.379 e. The van der Waals surface area contributed by atoms with E-state index in [1.165, 1.54) is 12.8 Å². The van der Waals surface area contributed by atoms with Crippen molar-refractivity contribution in [1.29, 1.82) is 0 Å². The van der Waals surface area contributed by atoms with Gasteiger partial charge in [-0.1, -0.05) is 11.6 Å². The second-order valence-corrected chi connectivity index (χ2v) is 6.08. The fourth-order valence-electron chi connectivity index (χ4n) is 2.48. The van der Waals surface area contributed by atoms with Crippen molar-refractivity contribution in [3.05, 3.63) is 35.5 Å². The summed E-state index contributed by atoms with van der Waals surface area (Å²) in [6, 6.07) is 7.91. The van der Waals surface area contributed by atoms with Crippen LogP contribution in [0.15, 0.2) is 30.5 Å². The predicted molar refractivity (Wildman–Crippen MR) is 77.2 cm³/mol. The van der Waals surface area contributed by atoms with E-state index in [-0.39, 0.29) is 5.54 Å². The standard InChI is InChI=1S/C15H17ClN2/c1-15(2,10-3-4-10)18-13-7-8-17-14-9-11(16)5-6-12(13)14/h5-10H,3-4H2,1-2H3,(H,17,18). The normalized spacial score (nSPS) is 15.9. The Morgan fingerprint density at radius 3 is 2.78 bits per heavy atom. The lowest BCUT2D eigenvalue weighted by molar-refractivity contribution is 0.495. The molecule has 0 spiro atoms. The molecule has 3 rings (SSSR count). The van der Waals surface area contributed by atoms with Crippen LogP contribution in [0, 0.1) is 5.92 Å². The smallest absolute Gasteiger partial charge is 0.0737 e. The van der Waals surface area contributed by atoms with Crippen LogP contribution in [0.25, 0.3) is 10.9 Å². The third-order valence-corrected chi connectivity index (χ3v) is 3.99. The van der Waals surface area contributed by atoms with Crippen LogP contribution in [0.5, 0.6) is 0 Å². The topological polar surface area (TPSA) is 24.9 Å². The summed E-state index contributed by atoms with van der Waals surface area (Å²) in [5.74, 6) is 0.785. The number of hydrogen-bond acceptors (Lipinski definition) is 2. The van der Waals surface area contributed by atoms with E-state index in [0.717, 1.165) is 27.5 Å². The molecule has 1 heterocycles. The monoisotopic (exact) mass is 260 g/mol. The molecule has 1 aliphatic rings. The summed E-state index contributed by atoms with van der Waals surface area (Å²) in [7, 11) is 0. The van der Waals surface area contributed by atoms with Crippen LogP contribution in [-0.2, 0) is 0 Å². The number of fused-ring (bicyclic) bond motifs is 1. The van der Waals surface area contributed by atoms with E-state index in [1.54, 1.807) is 0 Å². The molecule has 1 fully saturated rings. The van der Waals surface area contributed by atoms with Crippen LogP contribution in [-0.4, -0.2) is 10.5 Å². The number of hydrogen-bond donors (Lipinski definition) is 1. The second kappa shape index (κ2) is 4.13. The molecule has 2 aromatic rings. The zero-order valence-electron chi connectivity index (χ0n) is 10.7. The fourth-order valence-corrected chi connectivity index (χ4v) is 2.65. The Bertz CT molecular complexity index is 588. The third kappa shape index (κ3) is 2.17. The van der Waals surface area contributed by atoms with E-state index in [1.807, 2.05) is 30.5 Å². The van der Waals surface area contributed by atoms with Gasteiger partial charge in [0.1, 0.15) is 0 Å². The van der Waals surface area contributed by atoms with Crippen LogP contribution in [0.3, 0.4) is 0 Å². The summed E-state index contributed by atoms with van der Waals surface area (Å²) >= 11 is 6.00. The largest absolute Gasteiger partial charge is 0.379 e. The average molecular weight is 261 g/mol. The van der Waals surface area contributed by atoms with Crippen molar-refractivity contribution < 1.29 is 0 Å². The summed E-state index contributed by atoms with van der Waals surface area (Å²) in [5.41, 5.74) is 2.24. The van der Waals surface area contributed by atoms with Crippen molar-refractivity contribution in [2.45, 2.75) is 32.2 Å². The Kier molecular flexibility index (Phi) is 2.70. The molecule has 0 bridgehead atoms. The van der Waals surface area contributed by atoms with Gasteiger partial charge in [0.25, 0.3) is 0 Å². The van der Waals surface area contributed by atoms with Gasteiger partial charge in [-0.3, -0.25) is 4.98 Å². The van der Waals surface area contributed by atoms with Crippen LogP contribution in [0.1, 0.15) is 26.7 Å². The molecule has 0 amide bonds. The van der Waals surface area contributed by atoms with Gasteiger partial charge in [0.15, 0.2) is 0 Å². The van der Waals surface area contributed by atoms with E-state index in [4.69, 9.17) is 11.6 Å². The van der Waals surface area contributed by atoms with Crippen molar-refractivity contribution in [2.75, 3.05) is 5.32 Å². The van der Waals surface area contributed by atoms with Crippen molar-refractivity contribution in [1.82, 2.24) is 4.98 Å². The minimum atomic E-state index is 0.147. The van der Waals surface area contributed by atoms with Crippen LogP contribution in [0.4, 0.5) is 5.69 Å². The number of nitrogens with zero attached hydrogens (tertiary/aromatic N) is 1. The van der Waals surface area contributed by atoms with Crippen LogP contribution >= 0.6 is 11.6 Å². The highest BCUT2D eigenvalue weighted by Crippen LogP contribution is 2.41. The molecule has 0 unspecified atom stereocenters. The SMILES string of the molecule is CC(C)(Nc1ccnc2cc(Cl)ccc12)C1CC1. The van der Waals surface area contributed by atoms with E-state index < -0.39 is 0 Å². The van der Waals surface area contributed by atoms with Crippen molar-refractivity contribution in [3.63, 3.8) is 0 Å². The molecule has 1 saturated carbocycles. The first-order valence-electron chi connectivity index (χ1n) is 6.39. The van der Waals surface area contributed by atoms with Gasteiger partial charge in [-0.15, -0.1) is 0 Å². The van der Waals surface area contributed by atoms with E-state index in [2.05, 4.69) is 24.1 Å². The molecule has 0 atom stereocenters. The highest BCUT2D eigenvalue weighted by atomic mass is 35.5. The number of halogens is 1. The molecule has 3 heteroatoms. The van der Waals surface area contributed by atoms with Gasteiger partial charge >= 0.3 is 0 Å². The summed E-state index contributed by atoms with van der Waals surface area (Å²) in [6.45, 7) is 4.54. The summed E-state index contributed by atoms with van der Waals surface area (Å²) < 4.78 is 0. The zero-order valence-corrected chi connectivity index (χ0v) is 11.5. The maximum atomic E-state index is 6.00. The van der Waals surface area contributed by atoms with Crippen LogP contribution in [0.2, 0.25) is 5.02 Å². The Labute approximate surface area is 112 Å². The maximum absolute atomic E-state index is 6.00. The number of aromatic nitrogens is 1. The first kappa shape index (κ1) is 11.8. The average Bonchev–Trinajstić information content (AvgIpc) is 3.12. The molecule has 2 nitrogen and oxygen atoms in total. The first-order valence-corrected chi connectivity index (χ1v) is 6.76. The van der Waals surface area contributed by atoms with Crippen LogP contribution < -0.4 is 5.32 Å². The number of benzene rings is 1. The molecule has 18 heavy (non-hydrogen) atoms. The molecular weight excluding hydrogens is 244 g/mol. The highest BCUT2D eigenvalue weighted by molar-refractivity contribution is 6.31. The lowest BCUT2D eigenvalue weighted by Gasteiger charge is -2.28.